The fraction of sp³-hybridized carbons (Fsp3) is 0.571. The first-order valence-electron chi connectivity index (χ1n) is 9.23. The lowest BCUT2D eigenvalue weighted by molar-refractivity contribution is 0.0659. The second kappa shape index (κ2) is 9.42. The normalized spacial score (nSPS) is 13.7. The number of carbonyl (C=O) groups excluding carboxylic acids is 1. The Morgan fingerprint density at radius 3 is 2.19 bits per heavy atom. The van der Waals surface area contributed by atoms with E-state index < -0.39 is 14.3 Å². The number of esters is 1. The molecule has 0 N–H and O–H groups in total. The second-order valence-electron chi connectivity index (χ2n) is 8.01. The van der Waals surface area contributed by atoms with Gasteiger partial charge in [0.25, 0.3) is 0 Å². The smallest absolute Gasteiger partial charge is 0.343 e. The number of rotatable bonds is 9. The molecule has 0 aliphatic heterocycles. The van der Waals surface area contributed by atoms with Crippen LogP contribution in [0.25, 0.3) is 0 Å². The molecule has 27 heavy (non-hydrogen) atoms. The van der Waals surface area contributed by atoms with Crippen molar-refractivity contribution in [2.24, 2.45) is 5.92 Å². The summed E-state index contributed by atoms with van der Waals surface area (Å²) in [5.41, 5.74) is 0.390. The molecule has 0 fully saturated rings. The molecule has 0 spiro atoms. The molecule has 0 heterocycles. The topological polar surface area (TPSA) is 54.0 Å². The highest BCUT2D eigenvalue weighted by Crippen LogP contribution is 2.45. The first kappa shape index (κ1) is 23.2. The predicted molar refractivity (Wildman–Crippen MR) is 111 cm³/mol. The van der Waals surface area contributed by atoms with E-state index >= 15 is 0 Å². The van der Waals surface area contributed by atoms with Gasteiger partial charge in [0.05, 0.1) is 32.1 Å². The Hall–Kier alpha value is -1.79. The highest BCUT2D eigenvalue weighted by atomic mass is 28.4. The molecule has 6 heteroatoms. The molecule has 1 aromatic rings. The van der Waals surface area contributed by atoms with Crippen molar-refractivity contribution in [3.63, 3.8) is 0 Å². The summed E-state index contributed by atoms with van der Waals surface area (Å²) in [6, 6.07) is 4.90. The first-order chi connectivity index (χ1) is 12.5. The molecule has 1 atom stereocenters. The minimum Gasteiger partial charge on any atom is -0.493 e. The van der Waals surface area contributed by atoms with E-state index in [0.29, 0.717) is 23.0 Å². The number of hydrogen-bond donors (Lipinski definition) is 0. The number of carbonyl (C=O) groups is 1. The maximum atomic E-state index is 12.2. The van der Waals surface area contributed by atoms with E-state index in [9.17, 15) is 4.79 Å². The summed E-state index contributed by atoms with van der Waals surface area (Å²) in [5, 5.41) is 0.130. The van der Waals surface area contributed by atoms with Gasteiger partial charge in [0.2, 0.25) is 0 Å². The fourth-order valence-corrected chi connectivity index (χ4v) is 5.30. The minimum atomic E-state index is -1.94. The Morgan fingerprint density at radius 2 is 1.67 bits per heavy atom. The number of ether oxygens (including phenoxy) is 3. The van der Waals surface area contributed by atoms with Gasteiger partial charge in [-0.1, -0.05) is 27.7 Å². The number of methoxy groups -OCH3 is 2. The Kier molecular flexibility index (Phi) is 8.11. The third kappa shape index (κ3) is 5.84. The Bertz CT molecular complexity index is 665. The van der Waals surface area contributed by atoms with Crippen LogP contribution in [-0.4, -0.2) is 34.6 Å². The number of hydrogen-bond acceptors (Lipinski definition) is 5. The highest BCUT2D eigenvalue weighted by molar-refractivity contribution is 6.74. The maximum Gasteiger partial charge on any atom is 0.343 e. The van der Waals surface area contributed by atoms with E-state index in [-0.39, 0.29) is 11.1 Å². The Labute approximate surface area is 164 Å². The van der Waals surface area contributed by atoms with Gasteiger partial charge in [0.15, 0.2) is 19.8 Å². The van der Waals surface area contributed by atoms with Crippen molar-refractivity contribution < 1.29 is 23.4 Å². The standard InChI is InChI=1S/C21H34O5Si/c1-15(2)21(4,5)27(8,9)26-16(3)12-13-25-20(22)17-10-11-18(23-6)19(14-17)24-7/h10-16H,1-9H3/t16-/m1/s1. The van der Waals surface area contributed by atoms with E-state index in [1.807, 2.05) is 6.92 Å². The van der Waals surface area contributed by atoms with Crippen LogP contribution in [0.2, 0.25) is 18.1 Å². The SMILES string of the molecule is COc1ccc(C(=O)OC=C[C@@H](C)O[Si](C)(C)C(C)(C)C(C)C)cc1OC. The van der Waals surface area contributed by atoms with E-state index in [1.54, 1.807) is 31.4 Å². The third-order valence-corrected chi connectivity index (χ3v) is 10.3. The lowest BCUT2D eigenvalue weighted by Crippen LogP contribution is -2.46. The van der Waals surface area contributed by atoms with Crippen molar-refractivity contribution in [1.82, 2.24) is 0 Å². The minimum absolute atomic E-state index is 0.130. The molecule has 0 saturated heterocycles. The molecule has 152 valence electrons. The molecule has 0 radical (unpaired) electrons. The van der Waals surface area contributed by atoms with Crippen LogP contribution in [0, 0.1) is 5.92 Å². The third-order valence-electron chi connectivity index (χ3n) is 5.62. The van der Waals surface area contributed by atoms with E-state index in [0.717, 1.165) is 0 Å². The molecule has 1 aromatic carbocycles. The molecule has 0 unspecified atom stereocenters. The summed E-state index contributed by atoms with van der Waals surface area (Å²) in [4.78, 5) is 12.2. The van der Waals surface area contributed by atoms with Gasteiger partial charge in [-0.25, -0.2) is 4.79 Å². The lowest BCUT2D eigenvalue weighted by atomic mass is 9.99. The van der Waals surface area contributed by atoms with Crippen LogP contribution >= 0.6 is 0 Å². The quantitative estimate of drug-likeness (QED) is 0.318. The van der Waals surface area contributed by atoms with Gasteiger partial charge in [0.1, 0.15) is 0 Å². The van der Waals surface area contributed by atoms with Gasteiger partial charge < -0.3 is 18.6 Å². The average Bonchev–Trinajstić information content (AvgIpc) is 2.60. The van der Waals surface area contributed by atoms with Crippen molar-refractivity contribution in [2.75, 3.05) is 14.2 Å². The summed E-state index contributed by atoms with van der Waals surface area (Å²) in [5.74, 6) is 1.11. The van der Waals surface area contributed by atoms with Crippen molar-refractivity contribution in [3.05, 3.63) is 36.1 Å². The Balaban J connectivity index is 2.72. The van der Waals surface area contributed by atoms with E-state index in [4.69, 9.17) is 18.6 Å². The van der Waals surface area contributed by atoms with Crippen molar-refractivity contribution in [1.29, 1.82) is 0 Å². The van der Waals surface area contributed by atoms with Crippen LogP contribution in [0.15, 0.2) is 30.5 Å². The monoisotopic (exact) mass is 394 g/mol. The molecule has 0 amide bonds. The van der Waals surface area contributed by atoms with E-state index in [1.165, 1.54) is 13.4 Å². The zero-order valence-electron chi connectivity index (χ0n) is 18.1. The van der Waals surface area contributed by atoms with Crippen LogP contribution in [0.5, 0.6) is 11.5 Å². The zero-order chi connectivity index (χ0) is 20.8. The van der Waals surface area contributed by atoms with Gasteiger partial charge in [-0.15, -0.1) is 0 Å². The molecule has 1 rings (SSSR count). The van der Waals surface area contributed by atoms with Crippen LogP contribution in [-0.2, 0) is 9.16 Å². The predicted octanol–water partition coefficient (Wildman–Crippen LogP) is 5.42. The van der Waals surface area contributed by atoms with Gasteiger partial charge in [-0.2, -0.15) is 0 Å². The molecule has 5 nitrogen and oxygen atoms in total. The fourth-order valence-electron chi connectivity index (χ4n) is 2.59. The molecule has 0 saturated carbocycles. The van der Waals surface area contributed by atoms with E-state index in [2.05, 4.69) is 40.8 Å². The number of benzene rings is 1. The van der Waals surface area contributed by atoms with Crippen LogP contribution < -0.4 is 9.47 Å². The molecule has 0 aliphatic rings. The molecular weight excluding hydrogens is 360 g/mol. The van der Waals surface area contributed by atoms with Gasteiger partial charge >= 0.3 is 5.97 Å². The lowest BCUT2D eigenvalue weighted by Gasteiger charge is -2.43. The summed E-state index contributed by atoms with van der Waals surface area (Å²) >= 11 is 0. The van der Waals surface area contributed by atoms with Crippen LogP contribution in [0.4, 0.5) is 0 Å². The molecule has 0 aromatic heterocycles. The average molecular weight is 395 g/mol. The van der Waals surface area contributed by atoms with Gasteiger partial charge in [-0.3, -0.25) is 0 Å². The van der Waals surface area contributed by atoms with Crippen molar-refractivity contribution in [2.45, 2.75) is 58.9 Å². The summed E-state index contributed by atoms with van der Waals surface area (Å²) in [6.45, 7) is 15.4. The highest BCUT2D eigenvalue weighted by Gasteiger charge is 2.43. The summed E-state index contributed by atoms with van der Waals surface area (Å²) in [7, 11) is 1.13. The first-order valence-corrected chi connectivity index (χ1v) is 12.1. The summed E-state index contributed by atoms with van der Waals surface area (Å²) < 4.78 is 22.0. The largest absolute Gasteiger partial charge is 0.493 e. The summed E-state index contributed by atoms with van der Waals surface area (Å²) in [6.07, 6.45) is 3.03. The maximum absolute atomic E-state index is 12.2. The molecule has 0 bridgehead atoms. The van der Waals surface area contributed by atoms with Crippen molar-refractivity contribution in [3.8, 4) is 11.5 Å². The van der Waals surface area contributed by atoms with Gasteiger partial charge in [0, 0.05) is 0 Å². The van der Waals surface area contributed by atoms with Crippen LogP contribution in [0.3, 0.4) is 0 Å². The molecule has 0 aliphatic carbocycles. The van der Waals surface area contributed by atoms with Gasteiger partial charge in [-0.05, 0) is 55.2 Å². The van der Waals surface area contributed by atoms with Crippen LogP contribution in [0.1, 0.15) is 45.0 Å². The van der Waals surface area contributed by atoms with Crippen molar-refractivity contribution >= 4 is 14.3 Å². The molecular formula is C21H34O5Si. The Morgan fingerprint density at radius 1 is 1.07 bits per heavy atom. The zero-order valence-corrected chi connectivity index (χ0v) is 19.1. The second-order valence-corrected chi connectivity index (χ2v) is 12.6.